The third-order valence-electron chi connectivity index (χ3n) is 3.40. The van der Waals surface area contributed by atoms with Crippen molar-refractivity contribution in [3.05, 3.63) is 53.1 Å². The van der Waals surface area contributed by atoms with Gasteiger partial charge >= 0.3 is 0 Å². The van der Waals surface area contributed by atoms with Crippen LogP contribution in [0.15, 0.2) is 42.5 Å². The zero-order chi connectivity index (χ0) is 15.4. The Morgan fingerprint density at radius 2 is 1.86 bits per heavy atom. The molecule has 2 rings (SSSR count). The average molecular weight is 305 g/mol. The summed E-state index contributed by atoms with van der Waals surface area (Å²) in [7, 11) is 3.70. The van der Waals surface area contributed by atoms with E-state index < -0.39 is 0 Å². The van der Waals surface area contributed by atoms with Gasteiger partial charge in [-0.2, -0.15) is 0 Å². The van der Waals surface area contributed by atoms with Gasteiger partial charge in [-0.25, -0.2) is 0 Å². The molecule has 1 unspecified atom stereocenters. The highest BCUT2D eigenvalue weighted by Gasteiger charge is 2.11. The van der Waals surface area contributed by atoms with Crippen molar-refractivity contribution in [3.8, 4) is 5.75 Å². The lowest BCUT2D eigenvalue weighted by molar-refractivity contribution is 0.415. The molecule has 4 heteroatoms. The van der Waals surface area contributed by atoms with Crippen molar-refractivity contribution in [1.29, 1.82) is 0 Å². The number of anilines is 2. The standard InChI is InChI=1S/C17H21ClN2O/c1-12(19)10-13-11-14(18)4-9-17(13)20(2)15-5-7-16(21-3)8-6-15/h4-9,11-12H,10,19H2,1-3H3. The van der Waals surface area contributed by atoms with E-state index in [2.05, 4.69) is 4.90 Å². The molecule has 0 bridgehead atoms. The molecule has 0 radical (unpaired) electrons. The fraction of sp³-hybridized carbons (Fsp3) is 0.294. The number of hydrogen-bond acceptors (Lipinski definition) is 3. The summed E-state index contributed by atoms with van der Waals surface area (Å²) in [4.78, 5) is 2.13. The topological polar surface area (TPSA) is 38.5 Å². The van der Waals surface area contributed by atoms with Crippen LogP contribution in [0.25, 0.3) is 0 Å². The first-order valence-electron chi connectivity index (χ1n) is 6.93. The lowest BCUT2D eigenvalue weighted by Crippen LogP contribution is -2.20. The molecule has 0 amide bonds. The zero-order valence-corrected chi connectivity index (χ0v) is 13.4. The molecule has 2 N–H and O–H groups in total. The quantitative estimate of drug-likeness (QED) is 0.907. The summed E-state index contributed by atoms with van der Waals surface area (Å²) in [6.07, 6.45) is 0.788. The first-order chi connectivity index (χ1) is 10.0. The second kappa shape index (κ2) is 6.83. The number of ether oxygens (including phenoxy) is 1. The van der Waals surface area contributed by atoms with E-state index in [1.807, 2.05) is 56.4 Å². The minimum absolute atomic E-state index is 0.0893. The maximum Gasteiger partial charge on any atom is 0.119 e. The molecule has 2 aromatic carbocycles. The van der Waals surface area contributed by atoms with Crippen molar-refractivity contribution in [2.45, 2.75) is 19.4 Å². The molecule has 21 heavy (non-hydrogen) atoms. The van der Waals surface area contributed by atoms with E-state index in [1.54, 1.807) is 7.11 Å². The maximum atomic E-state index is 6.11. The fourth-order valence-corrected chi connectivity index (χ4v) is 2.53. The van der Waals surface area contributed by atoms with Gasteiger partial charge in [0.05, 0.1) is 7.11 Å². The predicted molar refractivity (Wildman–Crippen MR) is 89.9 cm³/mol. The molecule has 0 aliphatic heterocycles. The van der Waals surface area contributed by atoms with Gasteiger partial charge in [0.25, 0.3) is 0 Å². The van der Waals surface area contributed by atoms with E-state index in [-0.39, 0.29) is 6.04 Å². The van der Waals surface area contributed by atoms with Crippen LogP contribution in [-0.2, 0) is 6.42 Å². The average Bonchev–Trinajstić information content (AvgIpc) is 2.46. The van der Waals surface area contributed by atoms with Crippen LogP contribution >= 0.6 is 11.6 Å². The summed E-state index contributed by atoms with van der Waals surface area (Å²) in [5.74, 6) is 0.846. The molecular formula is C17H21ClN2O. The van der Waals surface area contributed by atoms with Crippen LogP contribution in [0, 0.1) is 0 Å². The van der Waals surface area contributed by atoms with Crippen molar-refractivity contribution < 1.29 is 4.74 Å². The minimum Gasteiger partial charge on any atom is -0.497 e. The van der Waals surface area contributed by atoms with Crippen LogP contribution in [-0.4, -0.2) is 20.2 Å². The van der Waals surface area contributed by atoms with Crippen molar-refractivity contribution >= 4 is 23.0 Å². The number of halogens is 1. The molecular weight excluding hydrogens is 284 g/mol. The van der Waals surface area contributed by atoms with Gasteiger partial charge in [-0.1, -0.05) is 11.6 Å². The lowest BCUT2D eigenvalue weighted by atomic mass is 10.0. The summed E-state index contributed by atoms with van der Waals surface area (Å²) in [5.41, 5.74) is 9.29. The van der Waals surface area contributed by atoms with Gasteiger partial charge in [-0.05, 0) is 61.4 Å². The Hall–Kier alpha value is -1.71. The smallest absolute Gasteiger partial charge is 0.119 e. The van der Waals surface area contributed by atoms with Crippen LogP contribution in [0.4, 0.5) is 11.4 Å². The van der Waals surface area contributed by atoms with Crippen molar-refractivity contribution in [2.24, 2.45) is 5.73 Å². The molecule has 0 fully saturated rings. The van der Waals surface area contributed by atoms with Crippen molar-refractivity contribution in [3.63, 3.8) is 0 Å². The van der Waals surface area contributed by atoms with Gasteiger partial charge in [0, 0.05) is 29.5 Å². The Labute approximate surface area is 131 Å². The first kappa shape index (κ1) is 15.7. The van der Waals surface area contributed by atoms with Gasteiger partial charge in [0.1, 0.15) is 5.75 Å². The van der Waals surface area contributed by atoms with Gasteiger partial charge in [0.2, 0.25) is 0 Å². The number of hydrogen-bond donors (Lipinski definition) is 1. The van der Waals surface area contributed by atoms with E-state index in [0.717, 1.165) is 34.1 Å². The molecule has 0 aromatic heterocycles. The van der Waals surface area contributed by atoms with Crippen LogP contribution < -0.4 is 15.4 Å². The van der Waals surface area contributed by atoms with Gasteiger partial charge in [0.15, 0.2) is 0 Å². The number of nitrogens with zero attached hydrogens (tertiary/aromatic N) is 1. The van der Waals surface area contributed by atoms with E-state index in [0.29, 0.717) is 0 Å². The number of methoxy groups -OCH3 is 1. The predicted octanol–water partition coefficient (Wildman–Crippen LogP) is 4.01. The van der Waals surface area contributed by atoms with E-state index in [1.165, 1.54) is 0 Å². The molecule has 3 nitrogen and oxygen atoms in total. The number of rotatable bonds is 5. The fourth-order valence-electron chi connectivity index (χ4n) is 2.34. The molecule has 2 aromatic rings. The molecule has 0 aliphatic rings. The second-order valence-electron chi connectivity index (χ2n) is 5.21. The van der Waals surface area contributed by atoms with Crippen molar-refractivity contribution in [1.82, 2.24) is 0 Å². The second-order valence-corrected chi connectivity index (χ2v) is 5.65. The maximum absolute atomic E-state index is 6.11. The van der Waals surface area contributed by atoms with E-state index in [4.69, 9.17) is 22.1 Å². The van der Waals surface area contributed by atoms with Crippen LogP contribution in [0.5, 0.6) is 5.75 Å². The Balaban J connectivity index is 2.34. The Morgan fingerprint density at radius 1 is 1.19 bits per heavy atom. The minimum atomic E-state index is 0.0893. The van der Waals surface area contributed by atoms with Crippen LogP contribution in [0.1, 0.15) is 12.5 Å². The van der Waals surface area contributed by atoms with Gasteiger partial charge in [-0.3, -0.25) is 0 Å². The monoisotopic (exact) mass is 304 g/mol. The largest absolute Gasteiger partial charge is 0.497 e. The SMILES string of the molecule is COc1ccc(N(C)c2ccc(Cl)cc2CC(C)N)cc1. The Kier molecular flexibility index (Phi) is 5.10. The third kappa shape index (κ3) is 3.90. The van der Waals surface area contributed by atoms with Crippen LogP contribution in [0.2, 0.25) is 5.02 Å². The highest BCUT2D eigenvalue weighted by Crippen LogP contribution is 2.30. The Morgan fingerprint density at radius 3 is 2.43 bits per heavy atom. The summed E-state index contributed by atoms with van der Waals surface area (Å²) >= 11 is 6.11. The van der Waals surface area contributed by atoms with E-state index >= 15 is 0 Å². The van der Waals surface area contributed by atoms with Gasteiger partial charge in [-0.15, -0.1) is 0 Å². The highest BCUT2D eigenvalue weighted by molar-refractivity contribution is 6.30. The number of benzene rings is 2. The molecule has 0 spiro atoms. The summed E-state index contributed by atoms with van der Waals surface area (Å²) in [6, 6.07) is 14.0. The summed E-state index contributed by atoms with van der Waals surface area (Å²) < 4.78 is 5.19. The first-order valence-corrected chi connectivity index (χ1v) is 7.31. The van der Waals surface area contributed by atoms with E-state index in [9.17, 15) is 0 Å². The lowest BCUT2D eigenvalue weighted by Gasteiger charge is -2.24. The molecule has 112 valence electrons. The molecule has 0 heterocycles. The zero-order valence-electron chi connectivity index (χ0n) is 12.6. The molecule has 0 saturated carbocycles. The Bertz CT molecular complexity index is 596. The molecule has 0 saturated heterocycles. The number of nitrogens with two attached hydrogens (primary N) is 1. The van der Waals surface area contributed by atoms with Crippen LogP contribution in [0.3, 0.4) is 0 Å². The molecule has 1 atom stereocenters. The van der Waals surface area contributed by atoms with Crippen molar-refractivity contribution in [2.75, 3.05) is 19.1 Å². The summed E-state index contributed by atoms with van der Waals surface area (Å²) in [5, 5.41) is 0.734. The highest BCUT2D eigenvalue weighted by atomic mass is 35.5. The molecule has 0 aliphatic carbocycles. The summed E-state index contributed by atoms with van der Waals surface area (Å²) in [6.45, 7) is 2.00. The third-order valence-corrected chi connectivity index (χ3v) is 3.64. The normalized spacial score (nSPS) is 12.0. The van der Waals surface area contributed by atoms with Gasteiger partial charge < -0.3 is 15.4 Å².